The molecule has 0 saturated heterocycles. The molecule has 0 bridgehead atoms. The molecule has 18 heavy (non-hydrogen) atoms. The third kappa shape index (κ3) is 2.77. The van der Waals surface area contributed by atoms with Crippen molar-refractivity contribution in [3.63, 3.8) is 0 Å². The molecule has 0 radical (unpaired) electrons. The number of rotatable bonds is 3. The predicted octanol–water partition coefficient (Wildman–Crippen LogP) is 4.09. The number of ether oxygens (including phenoxy) is 1. The Morgan fingerprint density at radius 1 is 1.17 bits per heavy atom. The van der Waals surface area contributed by atoms with E-state index in [1.54, 1.807) is 0 Å². The molecule has 0 spiro atoms. The Morgan fingerprint density at radius 2 is 1.89 bits per heavy atom. The fourth-order valence-electron chi connectivity index (χ4n) is 2.61. The summed E-state index contributed by atoms with van der Waals surface area (Å²) in [6.07, 6.45) is 6.42. The molecule has 2 unspecified atom stereocenters. The van der Waals surface area contributed by atoms with Crippen molar-refractivity contribution in [2.75, 3.05) is 0 Å². The zero-order chi connectivity index (χ0) is 13.1. The van der Waals surface area contributed by atoms with Crippen molar-refractivity contribution < 1.29 is 4.74 Å². The molecule has 2 atom stereocenters. The molecule has 1 aromatic rings. The molecule has 0 aliphatic heterocycles. The molecule has 0 amide bonds. The summed E-state index contributed by atoms with van der Waals surface area (Å²) in [6, 6.07) is 0. The predicted molar refractivity (Wildman–Crippen MR) is 73.2 cm³/mol. The van der Waals surface area contributed by atoms with Gasteiger partial charge < -0.3 is 4.74 Å². The van der Waals surface area contributed by atoms with Crippen LogP contribution in [-0.4, -0.2) is 16.3 Å². The van der Waals surface area contributed by atoms with E-state index in [0.29, 0.717) is 17.0 Å². The molecule has 1 aliphatic carbocycles. The summed E-state index contributed by atoms with van der Waals surface area (Å²) in [5.41, 5.74) is 1.97. The van der Waals surface area contributed by atoms with E-state index in [4.69, 9.17) is 16.3 Å². The Hall–Kier alpha value is -0.830. The van der Waals surface area contributed by atoms with Crippen LogP contribution in [0.25, 0.3) is 0 Å². The van der Waals surface area contributed by atoms with Gasteiger partial charge in [-0.15, -0.1) is 10.2 Å². The van der Waals surface area contributed by atoms with Crippen molar-refractivity contribution in [3.8, 4) is 5.88 Å². The fourth-order valence-corrected chi connectivity index (χ4v) is 2.79. The van der Waals surface area contributed by atoms with E-state index in [0.717, 1.165) is 17.5 Å². The third-order valence-corrected chi connectivity index (χ3v) is 4.41. The quantitative estimate of drug-likeness (QED) is 0.828. The van der Waals surface area contributed by atoms with Gasteiger partial charge in [0.2, 0.25) is 5.88 Å². The van der Waals surface area contributed by atoms with Gasteiger partial charge in [0.25, 0.3) is 0 Å². The van der Waals surface area contributed by atoms with Gasteiger partial charge >= 0.3 is 0 Å². The van der Waals surface area contributed by atoms with Crippen LogP contribution in [0.2, 0.25) is 5.15 Å². The minimum atomic E-state index is 0.289. The Morgan fingerprint density at radius 3 is 2.61 bits per heavy atom. The second kappa shape index (κ2) is 5.87. The van der Waals surface area contributed by atoms with Crippen molar-refractivity contribution in [1.29, 1.82) is 0 Å². The van der Waals surface area contributed by atoms with Crippen LogP contribution in [0.4, 0.5) is 0 Å². The molecule has 100 valence electrons. The van der Waals surface area contributed by atoms with Gasteiger partial charge in [-0.3, -0.25) is 0 Å². The topological polar surface area (TPSA) is 35.0 Å². The Balaban J connectivity index is 2.15. The zero-order valence-corrected chi connectivity index (χ0v) is 12.1. The van der Waals surface area contributed by atoms with E-state index in [-0.39, 0.29) is 6.10 Å². The highest BCUT2D eigenvalue weighted by molar-refractivity contribution is 6.30. The molecular weight excluding hydrogens is 248 g/mol. The summed E-state index contributed by atoms with van der Waals surface area (Å²) in [4.78, 5) is 0. The summed E-state index contributed by atoms with van der Waals surface area (Å²) in [6.45, 7) is 6.18. The maximum Gasteiger partial charge on any atom is 0.237 e. The van der Waals surface area contributed by atoms with Gasteiger partial charge in [0.15, 0.2) is 5.15 Å². The summed E-state index contributed by atoms with van der Waals surface area (Å²) in [5.74, 6) is 1.30. The lowest BCUT2D eigenvalue weighted by Crippen LogP contribution is -2.30. The number of hydrogen-bond donors (Lipinski definition) is 0. The second-order valence-electron chi connectivity index (χ2n) is 5.16. The van der Waals surface area contributed by atoms with Crippen LogP contribution in [0.3, 0.4) is 0 Å². The average Bonchev–Trinajstić information content (AvgIpc) is 2.40. The van der Waals surface area contributed by atoms with E-state index in [9.17, 15) is 0 Å². The first-order chi connectivity index (χ1) is 8.63. The number of halogens is 1. The first-order valence-electron chi connectivity index (χ1n) is 6.79. The molecule has 1 heterocycles. The highest BCUT2D eigenvalue weighted by Crippen LogP contribution is 2.31. The largest absolute Gasteiger partial charge is 0.473 e. The summed E-state index contributed by atoms with van der Waals surface area (Å²) >= 11 is 5.96. The van der Waals surface area contributed by atoms with Crippen molar-refractivity contribution in [2.45, 2.75) is 59.0 Å². The van der Waals surface area contributed by atoms with Gasteiger partial charge in [-0.2, -0.15) is 0 Å². The van der Waals surface area contributed by atoms with Gasteiger partial charge in [-0.1, -0.05) is 24.9 Å². The van der Waals surface area contributed by atoms with Crippen LogP contribution in [0.1, 0.15) is 50.2 Å². The highest BCUT2D eigenvalue weighted by Gasteiger charge is 2.26. The van der Waals surface area contributed by atoms with E-state index in [1.165, 1.54) is 25.7 Å². The molecule has 3 nitrogen and oxygen atoms in total. The SMILES string of the molecule is CCC1CCCCC1Oc1nnc(Cl)c(C)c1C. The molecular formula is C14H21ClN2O. The van der Waals surface area contributed by atoms with Gasteiger partial charge in [-0.25, -0.2) is 0 Å². The van der Waals surface area contributed by atoms with Crippen molar-refractivity contribution in [1.82, 2.24) is 10.2 Å². The fraction of sp³-hybridized carbons (Fsp3) is 0.714. The van der Waals surface area contributed by atoms with Gasteiger partial charge in [-0.05, 0) is 51.0 Å². The lowest BCUT2D eigenvalue weighted by atomic mass is 9.85. The molecule has 2 rings (SSSR count). The maximum absolute atomic E-state index is 6.09. The second-order valence-corrected chi connectivity index (χ2v) is 5.51. The van der Waals surface area contributed by atoms with Gasteiger partial charge in [0, 0.05) is 5.56 Å². The normalized spacial score (nSPS) is 24.0. The minimum absolute atomic E-state index is 0.289. The number of hydrogen-bond acceptors (Lipinski definition) is 3. The Bertz CT molecular complexity index is 423. The smallest absolute Gasteiger partial charge is 0.237 e. The van der Waals surface area contributed by atoms with Crippen LogP contribution >= 0.6 is 11.6 Å². The standard InChI is InChI=1S/C14H21ClN2O/c1-4-11-7-5-6-8-12(11)18-14-10(3)9(2)13(15)16-17-14/h11-12H,4-8H2,1-3H3. The third-order valence-electron chi connectivity index (χ3n) is 4.05. The van der Waals surface area contributed by atoms with E-state index >= 15 is 0 Å². The molecule has 1 saturated carbocycles. The van der Waals surface area contributed by atoms with Crippen LogP contribution in [0, 0.1) is 19.8 Å². The summed E-state index contributed by atoms with van der Waals surface area (Å²) < 4.78 is 6.09. The van der Waals surface area contributed by atoms with E-state index in [2.05, 4.69) is 17.1 Å². The maximum atomic E-state index is 6.09. The average molecular weight is 269 g/mol. The molecule has 1 aliphatic rings. The van der Waals surface area contributed by atoms with Crippen molar-refractivity contribution in [2.24, 2.45) is 5.92 Å². The Labute approximate surface area is 114 Å². The molecule has 0 N–H and O–H groups in total. The monoisotopic (exact) mass is 268 g/mol. The lowest BCUT2D eigenvalue weighted by molar-refractivity contribution is 0.0840. The van der Waals surface area contributed by atoms with Gasteiger partial charge in [0.05, 0.1) is 0 Å². The van der Waals surface area contributed by atoms with Crippen LogP contribution < -0.4 is 4.74 Å². The molecule has 4 heteroatoms. The van der Waals surface area contributed by atoms with Crippen molar-refractivity contribution in [3.05, 3.63) is 16.3 Å². The number of aromatic nitrogens is 2. The first-order valence-corrected chi connectivity index (χ1v) is 7.17. The summed E-state index contributed by atoms with van der Waals surface area (Å²) in [5, 5.41) is 8.51. The highest BCUT2D eigenvalue weighted by atomic mass is 35.5. The van der Waals surface area contributed by atoms with Gasteiger partial charge in [0.1, 0.15) is 6.10 Å². The number of nitrogens with zero attached hydrogens (tertiary/aromatic N) is 2. The molecule has 1 fully saturated rings. The zero-order valence-electron chi connectivity index (χ0n) is 11.4. The van der Waals surface area contributed by atoms with Crippen LogP contribution in [0.15, 0.2) is 0 Å². The molecule has 0 aromatic carbocycles. The van der Waals surface area contributed by atoms with E-state index in [1.807, 2.05) is 13.8 Å². The van der Waals surface area contributed by atoms with E-state index < -0.39 is 0 Å². The Kier molecular flexibility index (Phi) is 4.44. The van der Waals surface area contributed by atoms with Crippen LogP contribution in [-0.2, 0) is 0 Å². The van der Waals surface area contributed by atoms with Crippen molar-refractivity contribution >= 4 is 11.6 Å². The van der Waals surface area contributed by atoms with Crippen LogP contribution in [0.5, 0.6) is 5.88 Å². The molecule has 1 aromatic heterocycles. The first kappa shape index (κ1) is 13.6. The lowest BCUT2D eigenvalue weighted by Gasteiger charge is -2.31. The minimum Gasteiger partial charge on any atom is -0.473 e. The summed E-state index contributed by atoms with van der Waals surface area (Å²) in [7, 11) is 0.